The summed E-state index contributed by atoms with van der Waals surface area (Å²) < 4.78 is 10.9. The molecule has 0 aliphatic heterocycles. The topological polar surface area (TPSA) is 79.2 Å². The predicted octanol–water partition coefficient (Wildman–Crippen LogP) is 0.558. The van der Waals surface area contributed by atoms with Crippen molar-refractivity contribution in [3.63, 3.8) is 0 Å². The Morgan fingerprint density at radius 3 is 2.17 bits per heavy atom. The number of ether oxygens (including phenoxy) is 2. The van der Waals surface area contributed by atoms with Crippen LogP contribution in [0.1, 0.15) is 33.6 Å². The molecule has 0 aliphatic rings. The first-order valence-electron chi connectivity index (χ1n) is 6.65. The number of aliphatic hydroxyl groups is 3. The van der Waals surface area contributed by atoms with Gasteiger partial charge >= 0.3 is 0 Å². The molecular weight excluding hydrogens is 236 g/mol. The number of hydrogen-bond acceptors (Lipinski definition) is 5. The normalized spacial score (nSPS) is 16.8. The highest BCUT2D eigenvalue weighted by Crippen LogP contribution is 2.10. The van der Waals surface area contributed by atoms with Crippen LogP contribution < -0.4 is 0 Å². The van der Waals surface area contributed by atoms with E-state index in [1.165, 1.54) is 0 Å². The summed E-state index contributed by atoms with van der Waals surface area (Å²) in [6.07, 6.45) is 0.134. The van der Waals surface area contributed by atoms with Gasteiger partial charge in [-0.05, 0) is 18.8 Å². The second-order valence-corrected chi connectivity index (χ2v) is 5.02. The van der Waals surface area contributed by atoms with Crippen molar-refractivity contribution in [3.05, 3.63) is 0 Å². The minimum absolute atomic E-state index is 0.0860. The summed E-state index contributed by atoms with van der Waals surface area (Å²) >= 11 is 0. The van der Waals surface area contributed by atoms with Gasteiger partial charge in [0.15, 0.2) is 0 Å². The van der Waals surface area contributed by atoms with E-state index in [1.54, 1.807) is 0 Å². The Labute approximate surface area is 110 Å². The SMILES string of the molecule is CCC(O)COC(COCC(O)CO)CC(C)C. The molecule has 0 amide bonds. The smallest absolute Gasteiger partial charge is 0.100 e. The zero-order chi connectivity index (χ0) is 14.0. The number of rotatable bonds is 11. The summed E-state index contributed by atoms with van der Waals surface area (Å²) in [6, 6.07) is 0. The van der Waals surface area contributed by atoms with Crippen molar-refractivity contribution in [3.8, 4) is 0 Å². The summed E-state index contributed by atoms with van der Waals surface area (Å²) in [7, 11) is 0. The van der Waals surface area contributed by atoms with E-state index in [0.717, 1.165) is 6.42 Å². The fourth-order valence-corrected chi connectivity index (χ4v) is 1.46. The molecule has 0 bridgehead atoms. The lowest BCUT2D eigenvalue weighted by atomic mass is 10.1. The Kier molecular flexibility index (Phi) is 10.6. The van der Waals surface area contributed by atoms with Crippen LogP contribution in [0.4, 0.5) is 0 Å². The average Bonchev–Trinajstić information content (AvgIpc) is 2.34. The molecule has 18 heavy (non-hydrogen) atoms. The van der Waals surface area contributed by atoms with E-state index < -0.39 is 12.2 Å². The molecular formula is C13H28O5. The largest absolute Gasteiger partial charge is 0.394 e. The van der Waals surface area contributed by atoms with Crippen molar-refractivity contribution < 1.29 is 24.8 Å². The minimum atomic E-state index is -0.842. The van der Waals surface area contributed by atoms with Gasteiger partial charge in [-0.3, -0.25) is 0 Å². The van der Waals surface area contributed by atoms with Gasteiger partial charge in [0.2, 0.25) is 0 Å². The Morgan fingerprint density at radius 1 is 1.00 bits per heavy atom. The lowest BCUT2D eigenvalue weighted by Crippen LogP contribution is -2.29. The molecule has 0 aliphatic carbocycles. The van der Waals surface area contributed by atoms with Crippen LogP contribution in [0.25, 0.3) is 0 Å². The molecule has 0 aromatic heterocycles. The van der Waals surface area contributed by atoms with Crippen LogP contribution in [0.15, 0.2) is 0 Å². The molecule has 3 atom stereocenters. The van der Waals surface area contributed by atoms with E-state index >= 15 is 0 Å². The van der Waals surface area contributed by atoms with Gasteiger partial charge in [-0.15, -0.1) is 0 Å². The molecule has 0 aromatic carbocycles. The average molecular weight is 264 g/mol. The van der Waals surface area contributed by atoms with E-state index in [4.69, 9.17) is 19.7 Å². The highest BCUT2D eigenvalue weighted by Gasteiger charge is 2.14. The van der Waals surface area contributed by atoms with Gasteiger partial charge in [-0.2, -0.15) is 0 Å². The molecule has 3 N–H and O–H groups in total. The maximum atomic E-state index is 9.45. The molecule has 110 valence electrons. The standard InChI is InChI=1S/C13H28O5/c1-4-11(15)8-18-13(5-10(2)3)9-17-7-12(16)6-14/h10-16H,4-9H2,1-3H3. The first-order chi connectivity index (χ1) is 8.49. The van der Waals surface area contributed by atoms with E-state index in [0.29, 0.717) is 25.6 Å². The molecule has 0 radical (unpaired) electrons. The Bertz CT molecular complexity index is 186. The molecule has 0 saturated heterocycles. The van der Waals surface area contributed by atoms with Crippen LogP contribution >= 0.6 is 0 Å². The van der Waals surface area contributed by atoms with Crippen LogP contribution in [0, 0.1) is 5.92 Å². The van der Waals surface area contributed by atoms with Gasteiger partial charge in [0.1, 0.15) is 6.10 Å². The fraction of sp³-hybridized carbons (Fsp3) is 1.00. The zero-order valence-corrected chi connectivity index (χ0v) is 11.7. The Balaban J connectivity index is 3.91. The number of hydrogen-bond donors (Lipinski definition) is 3. The summed E-state index contributed by atoms with van der Waals surface area (Å²) in [6.45, 7) is 6.56. The Hall–Kier alpha value is -0.200. The zero-order valence-electron chi connectivity index (χ0n) is 11.7. The monoisotopic (exact) mass is 264 g/mol. The van der Waals surface area contributed by atoms with Crippen molar-refractivity contribution >= 4 is 0 Å². The van der Waals surface area contributed by atoms with Gasteiger partial charge in [-0.25, -0.2) is 0 Å². The third kappa shape index (κ3) is 9.79. The first-order valence-corrected chi connectivity index (χ1v) is 6.65. The van der Waals surface area contributed by atoms with Gasteiger partial charge in [0.25, 0.3) is 0 Å². The quantitative estimate of drug-likeness (QED) is 0.508. The van der Waals surface area contributed by atoms with Gasteiger partial charge in [-0.1, -0.05) is 20.8 Å². The minimum Gasteiger partial charge on any atom is -0.394 e. The molecule has 0 heterocycles. The van der Waals surface area contributed by atoms with E-state index in [1.807, 2.05) is 6.92 Å². The van der Waals surface area contributed by atoms with E-state index in [2.05, 4.69) is 13.8 Å². The molecule has 0 spiro atoms. The van der Waals surface area contributed by atoms with Crippen LogP contribution in [-0.4, -0.2) is 60.1 Å². The summed E-state index contributed by atoms with van der Waals surface area (Å²) in [5.74, 6) is 0.472. The van der Waals surface area contributed by atoms with Crippen LogP contribution in [-0.2, 0) is 9.47 Å². The molecule has 5 nitrogen and oxygen atoms in total. The number of aliphatic hydroxyl groups excluding tert-OH is 3. The summed E-state index contributed by atoms with van der Waals surface area (Å²) in [5, 5.41) is 27.3. The molecule has 0 fully saturated rings. The highest BCUT2D eigenvalue weighted by atomic mass is 16.5. The van der Waals surface area contributed by atoms with Crippen LogP contribution in [0.2, 0.25) is 0 Å². The van der Waals surface area contributed by atoms with Gasteiger partial charge in [0.05, 0.1) is 38.6 Å². The predicted molar refractivity (Wildman–Crippen MR) is 69.4 cm³/mol. The van der Waals surface area contributed by atoms with Gasteiger partial charge < -0.3 is 24.8 Å². The second kappa shape index (κ2) is 10.7. The molecule has 0 saturated carbocycles. The third-order valence-electron chi connectivity index (χ3n) is 2.55. The van der Waals surface area contributed by atoms with E-state index in [9.17, 15) is 5.11 Å². The van der Waals surface area contributed by atoms with E-state index in [-0.39, 0.29) is 19.3 Å². The lowest BCUT2D eigenvalue weighted by molar-refractivity contribution is -0.0726. The maximum Gasteiger partial charge on any atom is 0.100 e. The Morgan fingerprint density at radius 2 is 1.67 bits per heavy atom. The van der Waals surface area contributed by atoms with Crippen LogP contribution in [0.5, 0.6) is 0 Å². The van der Waals surface area contributed by atoms with Crippen molar-refractivity contribution in [2.75, 3.05) is 26.4 Å². The molecule has 0 aromatic rings. The van der Waals surface area contributed by atoms with Gasteiger partial charge in [0, 0.05) is 0 Å². The molecule has 3 unspecified atom stereocenters. The molecule has 0 rings (SSSR count). The summed E-state index contributed by atoms with van der Waals surface area (Å²) in [5.41, 5.74) is 0. The second-order valence-electron chi connectivity index (χ2n) is 5.02. The first kappa shape index (κ1) is 17.8. The highest BCUT2D eigenvalue weighted by molar-refractivity contribution is 4.62. The summed E-state index contributed by atoms with van der Waals surface area (Å²) in [4.78, 5) is 0. The fourth-order valence-electron chi connectivity index (χ4n) is 1.46. The third-order valence-corrected chi connectivity index (χ3v) is 2.55. The van der Waals surface area contributed by atoms with Crippen molar-refractivity contribution in [2.45, 2.75) is 51.9 Å². The molecule has 5 heteroatoms. The van der Waals surface area contributed by atoms with Crippen molar-refractivity contribution in [1.29, 1.82) is 0 Å². The van der Waals surface area contributed by atoms with Crippen molar-refractivity contribution in [2.24, 2.45) is 5.92 Å². The maximum absolute atomic E-state index is 9.45. The van der Waals surface area contributed by atoms with Crippen LogP contribution in [0.3, 0.4) is 0 Å². The van der Waals surface area contributed by atoms with Crippen molar-refractivity contribution in [1.82, 2.24) is 0 Å². The lowest BCUT2D eigenvalue weighted by Gasteiger charge is -2.21.